The number of hydrogen-bond donors (Lipinski definition) is 2. The standard InChI is InChI=1S/C32H39FO6/c1-4-5-6-7-8-25-13-14-26(17-30(25)33)23-9-11-24(12-10-23)27-15-28(38-31(36)21(2)19-34)18-29(16-27)39-32(37)22(3)20-35/h9-14,17,27-29,34-35H,2-8,15-16,18-20H2,1H3. The van der Waals surface area contributed by atoms with Crippen molar-refractivity contribution in [3.63, 3.8) is 0 Å². The van der Waals surface area contributed by atoms with E-state index in [0.717, 1.165) is 54.4 Å². The SMILES string of the molecule is C=C(CO)C(=O)OC1CC(OC(=O)C(=C)CO)CC(c2ccc(-c3ccc(CCCCCC)c(F)c3)cc2)C1. The van der Waals surface area contributed by atoms with Crippen LogP contribution in [0.15, 0.2) is 66.8 Å². The van der Waals surface area contributed by atoms with Crippen LogP contribution in [-0.2, 0) is 25.5 Å². The van der Waals surface area contributed by atoms with Crippen LogP contribution in [-0.4, -0.2) is 47.6 Å². The van der Waals surface area contributed by atoms with Gasteiger partial charge in [-0.15, -0.1) is 0 Å². The Labute approximate surface area is 230 Å². The van der Waals surface area contributed by atoms with Crippen LogP contribution in [0.25, 0.3) is 11.1 Å². The minimum absolute atomic E-state index is 0.0529. The maximum absolute atomic E-state index is 14.7. The zero-order valence-electron chi connectivity index (χ0n) is 22.7. The Hall–Kier alpha value is -3.29. The van der Waals surface area contributed by atoms with Gasteiger partial charge in [0, 0.05) is 6.42 Å². The van der Waals surface area contributed by atoms with E-state index in [2.05, 4.69) is 20.1 Å². The van der Waals surface area contributed by atoms with Gasteiger partial charge >= 0.3 is 11.9 Å². The summed E-state index contributed by atoms with van der Waals surface area (Å²) in [6, 6.07) is 13.2. The number of aryl methyl sites for hydroxylation is 1. The molecule has 0 saturated heterocycles. The lowest BCUT2D eigenvalue weighted by molar-refractivity contribution is -0.155. The van der Waals surface area contributed by atoms with Crippen molar-refractivity contribution in [2.75, 3.05) is 13.2 Å². The second-order valence-electron chi connectivity index (χ2n) is 10.2. The summed E-state index contributed by atoms with van der Waals surface area (Å²) in [5, 5.41) is 18.4. The van der Waals surface area contributed by atoms with E-state index in [1.54, 1.807) is 6.07 Å². The van der Waals surface area contributed by atoms with Crippen LogP contribution in [0.4, 0.5) is 4.39 Å². The summed E-state index contributed by atoms with van der Waals surface area (Å²) < 4.78 is 25.8. The van der Waals surface area contributed by atoms with Crippen molar-refractivity contribution in [3.05, 3.63) is 83.7 Å². The number of halogens is 1. The molecule has 6 nitrogen and oxygen atoms in total. The molecule has 0 heterocycles. The normalized spacial score (nSPS) is 18.8. The summed E-state index contributed by atoms with van der Waals surface area (Å²) in [6.45, 7) is 8.17. The van der Waals surface area contributed by atoms with Gasteiger partial charge in [-0.2, -0.15) is 0 Å². The fourth-order valence-electron chi connectivity index (χ4n) is 4.90. The first-order valence-corrected chi connectivity index (χ1v) is 13.6. The molecule has 7 heteroatoms. The van der Waals surface area contributed by atoms with Crippen molar-refractivity contribution < 1.29 is 33.7 Å². The highest BCUT2D eigenvalue weighted by molar-refractivity contribution is 5.88. The predicted octanol–water partition coefficient (Wildman–Crippen LogP) is 5.80. The van der Waals surface area contributed by atoms with Gasteiger partial charge in [-0.05, 0) is 59.9 Å². The number of ether oxygens (including phenoxy) is 2. The molecular weight excluding hydrogens is 499 g/mol. The molecule has 2 atom stereocenters. The quantitative estimate of drug-likeness (QED) is 0.190. The number of hydrogen-bond acceptors (Lipinski definition) is 6. The van der Waals surface area contributed by atoms with Crippen molar-refractivity contribution >= 4 is 11.9 Å². The van der Waals surface area contributed by atoms with Crippen LogP contribution in [0.1, 0.15) is 68.9 Å². The Morgan fingerprint density at radius 3 is 1.92 bits per heavy atom. The average Bonchev–Trinajstić information content (AvgIpc) is 2.94. The Bertz CT molecular complexity index is 1120. The van der Waals surface area contributed by atoms with Crippen LogP contribution in [0, 0.1) is 5.82 Å². The molecule has 1 aliphatic rings. The van der Waals surface area contributed by atoms with Crippen molar-refractivity contribution in [1.82, 2.24) is 0 Å². The lowest BCUT2D eigenvalue weighted by Crippen LogP contribution is -2.35. The zero-order chi connectivity index (χ0) is 28.4. The van der Waals surface area contributed by atoms with Crippen molar-refractivity contribution in [1.29, 1.82) is 0 Å². The fraction of sp³-hybridized carbons (Fsp3) is 0.438. The van der Waals surface area contributed by atoms with Crippen LogP contribution in [0.2, 0.25) is 0 Å². The zero-order valence-corrected chi connectivity index (χ0v) is 22.7. The number of carbonyl (C=O) groups excluding carboxylic acids is 2. The molecule has 2 aromatic rings. The van der Waals surface area contributed by atoms with Gasteiger partial charge in [-0.25, -0.2) is 14.0 Å². The number of esters is 2. The molecule has 3 rings (SSSR count). The predicted molar refractivity (Wildman–Crippen MR) is 148 cm³/mol. The molecule has 0 amide bonds. The Morgan fingerprint density at radius 1 is 0.846 bits per heavy atom. The van der Waals surface area contributed by atoms with Crippen molar-refractivity contribution in [2.24, 2.45) is 0 Å². The molecule has 0 radical (unpaired) electrons. The first-order chi connectivity index (χ1) is 18.7. The number of carbonyl (C=O) groups is 2. The van der Waals surface area contributed by atoms with E-state index in [1.165, 1.54) is 0 Å². The molecule has 0 spiro atoms. The van der Waals surface area contributed by atoms with Gasteiger partial charge < -0.3 is 19.7 Å². The van der Waals surface area contributed by atoms with E-state index in [-0.39, 0.29) is 29.3 Å². The van der Waals surface area contributed by atoms with Crippen molar-refractivity contribution in [2.45, 2.75) is 76.4 Å². The Morgan fingerprint density at radius 2 is 1.41 bits per heavy atom. The van der Waals surface area contributed by atoms with Gasteiger partial charge in [0.2, 0.25) is 0 Å². The molecule has 39 heavy (non-hydrogen) atoms. The van der Waals surface area contributed by atoms with Gasteiger partial charge in [0.05, 0.1) is 24.4 Å². The molecule has 0 aromatic heterocycles. The number of benzene rings is 2. The largest absolute Gasteiger partial charge is 0.459 e. The molecule has 2 aromatic carbocycles. The summed E-state index contributed by atoms with van der Waals surface area (Å²) in [7, 11) is 0. The summed E-state index contributed by atoms with van der Waals surface area (Å²) in [5.41, 5.74) is 3.28. The molecule has 1 fully saturated rings. The molecular formula is C32H39FO6. The molecule has 2 N–H and O–H groups in total. The number of aliphatic hydroxyl groups is 2. The number of aliphatic hydroxyl groups excluding tert-OH is 2. The molecule has 0 bridgehead atoms. The van der Waals surface area contributed by atoms with E-state index >= 15 is 0 Å². The highest BCUT2D eigenvalue weighted by Gasteiger charge is 2.34. The maximum atomic E-state index is 14.7. The minimum atomic E-state index is -0.695. The molecule has 2 unspecified atom stereocenters. The number of rotatable bonds is 13. The van der Waals surface area contributed by atoms with E-state index in [4.69, 9.17) is 9.47 Å². The second-order valence-corrected chi connectivity index (χ2v) is 10.2. The van der Waals surface area contributed by atoms with E-state index in [0.29, 0.717) is 12.8 Å². The lowest BCUT2D eigenvalue weighted by atomic mass is 9.80. The van der Waals surface area contributed by atoms with E-state index in [9.17, 15) is 24.2 Å². The smallest absolute Gasteiger partial charge is 0.336 e. The lowest BCUT2D eigenvalue weighted by Gasteiger charge is -2.34. The number of unbranched alkanes of at least 4 members (excludes halogenated alkanes) is 3. The van der Waals surface area contributed by atoms with Crippen LogP contribution in [0.3, 0.4) is 0 Å². The molecule has 1 saturated carbocycles. The highest BCUT2D eigenvalue weighted by Crippen LogP contribution is 2.37. The van der Waals surface area contributed by atoms with Crippen LogP contribution < -0.4 is 0 Å². The summed E-state index contributed by atoms with van der Waals surface area (Å²) in [5.74, 6) is -1.67. The topological polar surface area (TPSA) is 93.1 Å². The highest BCUT2D eigenvalue weighted by atomic mass is 19.1. The molecule has 210 valence electrons. The van der Waals surface area contributed by atoms with Crippen LogP contribution >= 0.6 is 0 Å². The molecule has 0 aliphatic heterocycles. The minimum Gasteiger partial charge on any atom is -0.459 e. The summed E-state index contributed by atoms with van der Waals surface area (Å²) >= 11 is 0. The summed E-state index contributed by atoms with van der Waals surface area (Å²) in [6.07, 6.45) is 5.30. The molecule has 1 aliphatic carbocycles. The third-order valence-corrected chi connectivity index (χ3v) is 7.20. The average molecular weight is 539 g/mol. The Balaban J connectivity index is 1.74. The van der Waals surface area contributed by atoms with Gasteiger partial charge in [-0.1, -0.05) is 75.7 Å². The van der Waals surface area contributed by atoms with Gasteiger partial charge in [0.25, 0.3) is 0 Å². The van der Waals surface area contributed by atoms with Crippen LogP contribution in [0.5, 0.6) is 0 Å². The van der Waals surface area contributed by atoms with Gasteiger partial charge in [-0.3, -0.25) is 0 Å². The first-order valence-electron chi connectivity index (χ1n) is 13.6. The summed E-state index contributed by atoms with van der Waals surface area (Å²) in [4.78, 5) is 24.5. The van der Waals surface area contributed by atoms with Gasteiger partial charge in [0.15, 0.2) is 0 Å². The van der Waals surface area contributed by atoms with Gasteiger partial charge in [0.1, 0.15) is 18.0 Å². The second kappa shape index (κ2) is 14.8. The third-order valence-electron chi connectivity index (χ3n) is 7.20. The Kier molecular flexibility index (Phi) is 11.4. The third kappa shape index (κ3) is 8.60. The monoisotopic (exact) mass is 538 g/mol. The van der Waals surface area contributed by atoms with E-state index < -0.39 is 37.4 Å². The fourth-order valence-corrected chi connectivity index (χ4v) is 4.90. The maximum Gasteiger partial charge on any atom is 0.336 e. The first kappa shape index (κ1) is 30.3. The van der Waals surface area contributed by atoms with Crippen molar-refractivity contribution in [3.8, 4) is 11.1 Å². The van der Waals surface area contributed by atoms with E-state index in [1.807, 2.05) is 36.4 Å².